The summed E-state index contributed by atoms with van der Waals surface area (Å²) in [5.41, 5.74) is 0. The molecule has 0 heterocycles. The molecular weight excluding hydrogens is 171 g/mol. The number of rotatable bonds is 0. The highest BCUT2D eigenvalue weighted by molar-refractivity contribution is 7.40. The van der Waals surface area contributed by atoms with E-state index in [9.17, 15) is 0 Å². The molecule has 0 aliphatic carbocycles. The van der Waals surface area contributed by atoms with Gasteiger partial charge in [-0.1, -0.05) is 0 Å². The zero-order chi connectivity index (χ0) is 8.08. The molecule has 0 aromatic carbocycles. The molecule has 0 amide bonds. The lowest BCUT2D eigenvalue weighted by Gasteiger charge is -2.36. The average Bonchev–Trinajstić information content (AvgIpc) is 1.19. The lowest BCUT2D eigenvalue weighted by molar-refractivity contribution is -0.432. The van der Waals surface area contributed by atoms with Crippen LogP contribution in [0.5, 0.6) is 0 Å². The van der Waals surface area contributed by atoms with Crippen molar-refractivity contribution in [1.29, 1.82) is 0 Å². The van der Waals surface area contributed by atoms with Crippen LogP contribution in [0.1, 0.15) is 0 Å². The lowest BCUT2D eigenvalue weighted by Crippen LogP contribution is -2.34. The maximum absolute atomic E-state index is 8.55. The van der Waals surface area contributed by atoms with Crippen molar-refractivity contribution in [3.63, 3.8) is 0 Å². The van der Waals surface area contributed by atoms with Crippen LogP contribution in [0.4, 0.5) is 0 Å². The van der Waals surface area contributed by atoms with Crippen LogP contribution in [-0.2, 0) is 9.03 Å². The lowest BCUT2D eigenvalue weighted by atomic mass is 15.8. The Bertz CT molecular complexity index is 109. The van der Waals surface area contributed by atoms with Gasteiger partial charge in [0.25, 0.3) is 0 Å². The normalized spacial score (nSPS) is 9.22. The summed E-state index contributed by atoms with van der Waals surface area (Å²) in [4.78, 5) is 42.7. The van der Waals surface area contributed by atoms with Gasteiger partial charge in [0, 0.05) is 9.17 Å². The van der Waals surface area contributed by atoms with E-state index in [1.807, 2.05) is 0 Å². The Morgan fingerprint density at radius 2 is 1.11 bits per heavy atom. The second-order valence-electron chi connectivity index (χ2n) is 0.697. The van der Waals surface area contributed by atoms with Crippen LogP contribution < -0.4 is 24.3 Å². The Hall–Kier alpha value is -0.273. The van der Waals surface area contributed by atoms with E-state index in [4.69, 9.17) is 33.3 Å². The molecule has 0 aliphatic rings. The first-order valence-electron chi connectivity index (χ1n) is 1.34. The van der Waals surface area contributed by atoms with Gasteiger partial charge in [-0.3, -0.25) is 0 Å². The van der Waals surface area contributed by atoms with Crippen LogP contribution in [0.25, 0.3) is 0 Å². The van der Waals surface area contributed by atoms with Crippen molar-refractivity contribution in [3.8, 4) is 0 Å². The molecule has 0 N–H and O–H groups in total. The third-order valence-electron chi connectivity index (χ3n) is 0. The molecule has 0 aromatic heterocycles. The molecule has 0 atom stereocenters. The minimum Gasteiger partial charge on any atom is -0.822 e. The van der Waals surface area contributed by atoms with E-state index in [0.29, 0.717) is 0 Å². The molecule has 0 rings (SSSR count). The van der Waals surface area contributed by atoms with Gasteiger partial charge in [-0.15, -0.1) is 0 Å². The van der Waals surface area contributed by atoms with Crippen LogP contribution in [0.3, 0.4) is 0 Å². The first-order valence-corrected chi connectivity index (χ1v) is 4.03. The SMILES string of the molecule is O=P([O-])([O-])[O-].O=[Si]([O-])[O-]. The molecule has 0 aromatic rings. The monoisotopic (exact) mass is 171 g/mol. The highest BCUT2D eigenvalue weighted by atomic mass is 31.2. The summed E-state index contributed by atoms with van der Waals surface area (Å²) in [5.74, 6) is 0. The van der Waals surface area contributed by atoms with E-state index in [0.717, 1.165) is 0 Å². The summed E-state index contributed by atoms with van der Waals surface area (Å²) in [5, 5.41) is 0. The average molecular weight is 171 g/mol. The van der Waals surface area contributed by atoms with Crippen molar-refractivity contribution < 1.29 is 33.3 Å². The Labute approximate surface area is 51.4 Å². The van der Waals surface area contributed by atoms with E-state index in [1.54, 1.807) is 0 Å². The quantitative estimate of drug-likeness (QED) is 0.260. The van der Waals surface area contributed by atoms with Crippen molar-refractivity contribution in [1.82, 2.24) is 0 Å². The van der Waals surface area contributed by atoms with Crippen LogP contribution >= 0.6 is 7.82 Å². The van der Waals surface area contributed by atoms with Gasteiger partial charge in [-0.2, -0.15) is 7.82 Å². The molecule has 0 unspecified atom stereocenters. The van der Waals surface area contributed by atoms with Gasteiger partial charge in [-0.25, -0.2) is 0 Å². The topological polar surface area (TPSA) is 149 Å². The van der Waals surface area contributed by atoms with Crippen molar-refractivity contribution in [3.05, 3.63) is 0 Å². The minimum absolute atomic E-state index is 3.63. The molecule has 0 aliphatic heterocycles. The maximum atomic E-state index is 8.55. The van der Waals surface area contributed by atoms with Crippen molar-refractivity contribution in [2.45, 2.75) is 0 Å². The van der Waals surface area contributed by atoms with Gasteiger partial charge in [0.2, 0.25) is 0 Å². The number of hydrogen-bond acceptors (Lipinski definition) is 7. The van der Waals surface area contributed by atoms with Crippen molar-refractivity contribution in [2.75, 3.05) is 0 Å². The van der Waals surface area contributed by atoms with Gasteiger partial charge >= 0.3 is 0 Å². The van der Waals surface area contributed by atoms with E-state index in [-0.39, 0.29) is 0 Å². The van der Waals surface area contributed by atoms with Crippen molar-refractivity contribution >= 4 is 17.0 Å². The van der Waals surface area contributed by atoms with E-state index >= 15 is 0 Å². The molecule has 56 valence electrons. The van der Waals surface area contributed by atoms with Gasteiger partial charge < -0.3 is 33.3 Å². The van der Waals surface area contributed by atoms with E-state index in [2.05, 4.69) is 0 Å². The predicted molar refractivity (Wildman–Crippen MR) is 14.0 cm³/mol. The molecular formula is O7PSi-5. The fourth-order valence-electron chi connectivity index (χ4n) is 0. The smallest absolute Gasteiger partial charge is 0.0172 e. The molecule has 0 saturated carbocycles. The summed E-state index contributed by atoms with van der Waals surface area (Å²) in [6.45, 7) is 0. The zero-order valence-corrected chi connectivity index (χ0v) is 5.70. The highest BCUT2D eigenvalue weighted by Crippen LogP contribution is 2.03. The van der Waals surface area contributed by atoms with Crippen LogP contribution in [-0.4, -0.2) is 9.17 Å². The molecule has 9 heavy (non-hydrogen) atoms. The summed E-state index contributed by atoms with van der Waals surface area (Å²) in [6.07, 6.45) is 0. The van der Waals surface area contributed by atoms with E-state index in [1.165, 1.54) is 0 Å². The molecule has 7 nitrogen and oxygen atoms in total. The second-order valence-corrected chi connectivity index (χ2v) is 2.09. The Balaban J connectivity index is 0. The maximum Gasteiger partial charge on any atom is 0.0172 e. The molecule has 0 fully saturated rings. The summed E-state index contributed by atoms with van der Waals surface area (Å²) < 4.78 is 17.1. The summed E-state index contributed by atoms with van der Waals surface area (Å²) >= 11 is 0. The highest BCUT2D eigenvalue weighted by Gasteiger charge is 1.44. The fourth-order valence-corrected chi connectivity index (χ4v) is 0. The van der Waals surface area contributed by atoms with Crippen LogP contribution in [0, 0.1) is 0 Å². The largest absolute Gasteiger partial charge is 0.822 e. The molecule has 0 spiro atoms. The molecule has 0 bridgehead atoms. The first kappa shape index (κ1) is 11.5. The zero-order valence-electron chi connectivity index (χ0n) is 3.80. The minimum atomic E-state index is -5.39. The first-order chi connectivity index (χ1) is 3.73. The number of phosphoric acid groups is 1. The van der Waals surface area contributed by atoms with Gasteiger partial charge in [0.1, 0.15) is 0 Å². The van der Waals surface area contributed by atoms with Gasteiger partial charge in [-0.05, 0) is 0 Å². The Kier molecular flexibility index (Phi) is 5.87. The predicted octanol–water partition coefficient (Wildman–Crippen LogP) is -5.70. The van der Waals surface area contributed by atoms with Crippen LogP contribution in [0.2, 0.25) is 0 Å². The van der Waals surface area contributed by atoms with Gasteiger partial charge in [0.05, 0.1) is 0 Å². The van der Waals surface area contributed by atoms with Crippen LogP contribution in [0.15, 0.2) is 0 Å². The third kappa shape index (κ3) is 3400. The molecule has 9 heteroatoms. The Morgan fingerprint density at radius 3 is 1.11 bits per heavy atom. The third-order valence-corrected chi connectivity index (χ3v) is 0. The van der Waals surface area contributed by atoms with E-state index < -0.39 is 17.0 Å². The summed E-state index contributed by atoms with van der Waals surface area (Å²) in [6, 6.07) is 0. The van der Waals surface area contributed by atoms with Crippen molar-refractivity contribution in [2.24, 2.45) is 0 Å². The summed E-state index contributed by atoms with van der Waals surface area (Å²) in [7, 11) is -9.02. The molecule has 0 radical (unpaired) electrons. The Morgan fingerprint density at radius 1 is 1.11 bits per heavy atom. The fraction of sp³-hybridized carbons (Fsp3) is 0. The second kappa shape index (κ2) is 4.59. The van der Waals surface area contributed by atoms with Gasteiger partial charge in [0.15, 0.2) is 0 Å². The number of hydrogen-bond donors (Lipinski definition) is 0. The standard InChI is InChI=1S/H3O4P.O3Si/c1-5(2,3)4;1-4(2)3/h(H3,1,2,3,4);/q;-2/p-3. The molecule has 0 saturated heterocycles.